The molecule has 1 fully saturated rings. The molecule has 5 heteroatoms. The average Bonchev–Trinajstić information content (AvgIpc) is 3.36. The Hall–Kier alpha value is -3.44. The van der Waals surface area contributed by atoms with E-state index in [2.05, 4.69) is 104 Å². The van der Waals surface area contributed by atoms with Crippen molar-refractivity contribution in [3.63, 3.8) is 0 Å². The summed E-state index contributed by atoms with van der Waals surface area (Å²) in [5, 5.41) is 4.33. The van der Waals surface area contributed by atoms with Gasteiger partial charge >= 0.3 is 0 Å². The Balaban J connectivity index is 1.68. The monoisotopic (exact) mass is 480 g/mol. The highest BCUT2D eigenvalue weighted by atomic mass is 32.1. The molecule has 0 saturated carbocycles. The Morgan fingerprint density at radius 1 is 0.943 bits per heavy atom. The lowest BCUT2D eigenvalue weighted by molar-refractivity contribution is 0.565. The van der Waals surface area contributed by atoms with E-state index in [0.717, 1.165) is 22.9 Å². The van der Waals surface area contributed by atoms with Crippen LogP contribution in [0.15, 0.2) is 72.9 Å². The minimum absolute atomic E-state index is 0.0186. The molecular weight excluding hydrogens is 448 g/mol. The quantitative estimate of drug-likeness (QED) is 0.317. The molecule has 2 aromatic heterocycles. The smallest absolute Gasteiger partial charge is 0.174 e. The van der Waals surface area contributed by atoms with Gasteiger partial charge in [0.1, 0.15) is 0 Å². The number of nitrogens with one attached hydrogen (secondary N) is 1. The van der Waals surface area contributed by atoms with E-state index in [1.165, 1.54) is 39.3 Å². The van der Waals surface area contributed by atoms with Crippen molar-refractivity contribution in [1.29, 1.82) is 0 Å². The van der Waals surface area contributed by atoms with E-state index in [1.807, 2.05) is 18.3 Å². The minimum atomic E-state index is -0.0536. The minimum Gasteiger partial charge on any atom is -0.351 e. The van der Waals surface area contributed by atoms with Crippen molar-refractivity contribution >= 4 is 23.0 Å². The van der Waals surface area contributed by atoms with Gasteiger partial charge < -0.3 is 14.8 Å². The molecule has 1 aliphatic rings. The van der Waals surface area contributed by atoms with Crippen molar-refractivity contribution in [3.05, 3.63) is 112 Å². The molecule has 2 atom stereocenters. The summed E-state index contributed by atoms with van der Waals surface area (Å²) >= 11 is 5.93. The van der Waals surface area contributed by atoms with E-state index in [-0.39, 0.29) is 12.1 Å². The van der Waals surface area contributed by atoms with Crippen LogP contribution in [0.25, 0.3) is 5.69 Å². The van der Waals surface area contributed by atoms with E-state index in [9.17, 15) is 0 Å². The van der Waals surface area contributed by atoms with Crippen molar-refractivity contribution in [1.82, 2.24) is 14.9 Å². The van der Waals surface area contributed by atoms with Gasteiger partial charge in [0.05, 0.1) is 17.8 Å². The first-order chi connectivity index (χ1) is 16.9. The van der Waals surface area contributed by atoms with Gasteiger partial charge in [-0.25, -0.2) is 0 Å². The van der Waals surface area contributed by atoms with Crippen LogP contribution in [0.3, 0.4) is 0 Å². The van der Waals surface area contributed by atoms with Crippen LogP contribution in [0.1, 0.15) is 58.3 Å². The maximum atomic E-state index is 5.93. The summed E-state index contributed by atoms with van der Waals surface area (Å²) in [6.45, 7) is 11.0. The highest BCUT2D eigenvalue weighted by Gasteiger charge is 2.42. The highest BCUT2D eigenvalue weighted by Crippen LogP contribution is 2.44. The molecule has 0 unspecified atom stereocenters. The molecule has 0 bridgehead atoms. The van der Waals surface area contributed by atoms with Crippen LogP contribution in [0.2, 0.25) is 0 Å². The Labute approximate surface area is 213 Å². The fraction of sp³-hybridized carbons (Fsp3) is 0.267. The Morgan fingerprint density at radius 2 is 1.71 bits per heavy atom. The maximum Gasteiger partial charge on any atom is 0.174 e. The summed E-state index contributed by atoms with van der Waals surface area (Å²) in [4.78, 5) is 6.98. The standard InChI is InChI=1S/C30H32N4S/c1-6-23-13-15-24(16-14-23)34-29(28(32-30(34)35)26-11-7-8-17-31-26)25-18-20(3)33(22(25)5)27-12-9-10-19(2)21(27)4/h7-18,28-29H,6H2,1-5H3,(H,32,35)/t28-,29+/m1/s1. The molecule has 1 N–H and O–H groups in total. The Bertz CT molecular complexity index is 1370. The van der Waals surface area contributed by atoms with Gasteiger partial charge in [0.15, 0.2) is 5.11 Å². The van der Waals surface area contributed by atoms with E-state index in [0.29, 0.717) is 0 Å². The second-order valence-electron chi connectivity index (χ2n) is 9.40. The summed E-state index contributed by atoms with van der Waals surface area (Å²) in [6.07, 6.45) is 2.87. The molecule has 2 aromatic carbocycles. The van der Waals surface area contributed by atoms with E-state index in [1.54, 1.807) is 0 Å². The van der Waals surface area contributed by atoms with Gasteiger partial charge in [0.25, 0.3) is 0 Å². The van der Waals surface area contributed by atoms with E-state index < -0.39 is 0 Å². The van der Waals surface area contributed by atoms with Crippen molar-refractivity contribution in [3.8, 4) is 5.69 Å². The summed E-state index contributed by atoms with van der Waals surface area (Å²) < 4.78 is 2.38. The molecule has 4 nitrogen and oxygen atoms in total. The topological polar surface area (TPSA) is 33.1 Å². The van der Waals surface area contributed by atoms with Crippen molar-refractivity contribution in [2.75, 3.05) is 4.90 Å². The molecule has 178 valence electrons. The van der Waals surface area contributed by atoms with Crippen molar-refractivity contribution in [2.24, 2.45) is 0 Å². The number of hydrogen-bond donors (Lipinski definition) is 1. The van der Waals surface area contributed by atoms with Gasteiger partial charge in [-0.2, -0.15) is 0 Å². The number of anilines is 1. The van der Waals surface area contributed by atoms with Gasteiger partial charge in [-0.1, -0.05) is 37.3 Å². The number of benzene rings is 2. The lowest BCUT2D eigenvalue weighted by atomic mass is 9.96. The molecule has 0 spiro atoms. The molecule has 35 heavy (non-hydrogen) atoms. The van der Waals surface area contributed by atoms with Crippen molar-refractivity contribution in [2.45, 2.75) is 53.1 Å². The highest BCUT2D eigenvalue weighted by molar-refractivity contribution is 7.80. The average molecular weight is 481 g/mol. The molecule has 0 radical (unpaired) electrons. The summed E-state index contributed by atoms with van der Waals surface area (Å²) in [6, 6.07) is 23.6. The van der Waals surface area contributed by atoms with Crippen LogP contribution in [0, 0.1) is 27.7 Å². The fourth-order valence-electron chi connectivity index (χ4n) is 5.28. The summed E-state index contributed by atoms with van der Waals surface area (Å²) in [5.74, 6) is 0. The molecule has 1 aliphatic heterocycles. The third-order valence-electron chi connectivity index (χ3n) is 7.33. The number of hydrogen-bond acceptors (Lipinski definition) is 2. The van der Waals surface area contributed by atoms with Gasteiger partial charge in [-0.3, -0.25) is 4.98 Å². The third-order valence-corrected chi connectivity index (χ3v) is 7.64. The summed E-state index contributed by atoms with van der Waals surface area (Å²) in [7, 11) is 0. The number of rotatable bonds is 5. The first kappa shape index (κ1) is 23.3. The SMILES string of the molecule is CCc1ccc(N2C(=S)N[C@H](c3ccccn3)[C@@H]2c2cc(C)n(-c3cccc(C)c3C)c2C)cc1. The zero-order valence-corrected chi connectivity index (χ0v) is 21.9. The van der Waals surface area contributed by atoms with Crippen LogP contribution in [0.5, 0.6) is 0 Å². The van der Waals surface area contributed by atoms with Crippen LogP contribution >= 0.6 is 12.2 Å². The summed E-state index contributed by atoms with van der Waals surface area (Å²) in [5.41, 5.74) is 10.9. The Morgan fingerprint density at radius 3 is 2.40 bits per heavy atom. The predicted molar refractivity (Wildman–Crippen MR) is 148 cm³/mol. The third kappa shape index (κ3) is 4.04. The molecular formula is C30H32N4S. The van der Waals surface area contributed by atoms with Gasteiger partial charge in [0, 0.05) is 29.0 Å². The fourth-order valence-corrected chi connectivity index (χ4v) is 5.62. The van der Waals surface area contributed by atoms with Crippen LogP contribution < -0.4 is 10.2 Å². The number of aryl methyl sites for hydroxylation is 3. The lowest BCUT2D eigenvalue weighted by Crippen LogP contribution is -2.29. The molecule has 4 aromatic rings. The molecule has 0 aliphatic carbocycles. The van der Waals surface area contributed by atoms with Gasteiger partial charge in [-0.05, 0) is 105 Å². The van der Waals surface area contributed by atoms with Gasteiger partial charge in [0.2, 0.25) is 0 Å². The number of nitrogens with zero attached hydrogens (tertiary/aromatic N) is 3. The van der Waals surface area contributed by atoms with Crippen molar-refractivity contribution < 1.29 is 0 Å². The zero-order chi connectivity index (χ0) is 24.7. The van der Waals surface area contributed by atoms with E-state index in [4.69, 9.17) is 17.2 Å². The lowest BCUT2D eigenvalue weighted by Gasteiger charge is -2.28. The van der Waals surface area contributed by atoms with Gasteiger partial charge in [-0.15, -0.1) is 0 Å². The first-order valence-electron chi connectivity index (χ1n) is 12.3. The second-order valence-corrected chi connectivity index (χ2v) is 9.78. The van der Waals surface area contributed by atoms with E-state index >= 15 is 0 Å². The maximum absolute atomic E-state index is 5.93. The first-order valence-corrected chi connectivity index (χ1v) is 12.7. The number of thiocarbonyl (C=S) groups is 1. The zero-order valence-electron chi connectivity index (χ0n) is 21.0. The molecule has 1 saturated heterocycles. The number of aromatic nitrogens is 2. The van der Waals surface area contributed by atoms with Crippen LogP contribution in [-0.4, -0.2) is 14.7 Å². The molecule has 0 amide bonds. The number of pyridine rings is 1. The molecule has 5 rings (SSSR count). The van der Waals surface area contributed by atoms with Crippen LogP contribution in [0.4, 0.5) is 5.69 Å². The predicted octanol–water partition coefficient (Wildman–Crippen LogP) is 6.85. The molecule has 3 heterocycles. The largest absolute Gasteiger partial charge is 0.351 e. The van der Waals surface area contributed by atoms with Crippen LogP contribution in [-0.2, 0) is 6.42 Å². The Kier molecular flexibility index (Phi) is 6.20. The second kappa shape index (κ2) is 9.31. The normalized spacial score (nSPS) is 17.6.